The van der Waals surface area contributed by atoms with Crippen LogP contribution in [0.5, 0.6) is 0 Å². The molecule has 0 aliphatic carbocycles. The van der Waals surface area contributed by atoms with Crippen LogP contribution in [-0.4, -0.2) is 197 Å². The number of hydrogen-bond donors (Lipinski definition) is 11. The van der Waals surface area contributed by atoms with E-state index in [9.17, 15) is 52.7 Å². The number of alkyl carbamates (subject to hydrolysis) is 2. The van der Waals surface area contributed by atoms with E-state index < -0.39 is 167 Å². The number of hydrogen-bond acceptors (Lipinski definition) is 17. The fourth-order valence-electron chi connectivity index (χ4n) is 11.6. The number of amides is 12. The molecule has 29 nitrogen and oxygen atoms in total. The highest BCUT2D eigenvalue weighted by Crippen LogP contribution is 2.24. The third kappa shape index (κ3) is 27.4. The third-order valence-electron chi connectivity index (χ3n) is 16.3. The highest BCUT2D eigenvalue weighted by molar-refractivity contribution is 6.00. The Kier molecular flexibility index (Phi) is 32.0. The molecule has 0 spiro atoms. The number of benzene rings is 1. The highest BCUT2D eigenvalue weighted by Gasteiger charge is 2.45. The van der Waals surface area contributed by atoms with Gasteiger partial charge < -0.3 is 82.9 Å². The Balaban J connectivity index is 1.90. The lowest BCUT2D eigenvalue weighted by atomic mass is 9.99. The molecule has 3 aliphatic heterocycles. The number of rotatable bonds is 20. The van der Waals surface area contributed by atoms with Gasteiger partial charge in [0, 0.05) is 45.1 Å². The van der Waals surface area contributed by atoms with Crippen molar-refractivity contribution < 1.29 is 76.5 Å². The van der Waals surface area contributed by atoms with Gasteiger partial charge >= 0.3 is 18.2 Å². The van der Waals surface area contributed by atoms with Crippen LogP contribution in [-0.2, 0) is 73.4 Å². The smallest absolute Gasteiger partial charge is 0.407 e. The molecule has 0 aromatic heterocycles. The minimum absolute atomic E-state index is 0.00178. The molecule has 29 heteroatoms. The molecule has 12 amide bonds. The van der Waals surface area contributed by atoms with Gasteiger partial charge in [-0.1, -0.05) is 85.7 Å². The van der Waals surface area contributed by atoms with Crippen molar-refractivity contribution in [3.8, 4) is 0 Å². The average Bonchev–Trinajstić information content (AvgIpc) is 1.74. The first-order chi connectivity index (χ1) is 45.4. The minimum atomic E-state index is -1.54. The lowest BCUT2D eigenvalue weighted by molar-refractivity contribution is -0.145. The van der Waals surface area contributed by atoms with Crippen LogP contribution in [0.2, 0.25) is 0 Å². The SMILES string of the molecule is CCOC(=O)CC[C@H]1NC(=O)[C@H](CC(C)C)NC(=O)[C@H](CCCNC(=O)OC(C)(C)C)NC(=O)[C@H](C(C)C)NC(=O)[C@@H]2CCCN2C(=O)[C@@H](Cc2ccccc2)NC(=O)[C@H](CC(C)C)NC(=O)[C@H](CCCNC(=O)OC(C)(C)C)NC(=O)[C@H](C(C)C)NC(=O)[C@@H]2C[C@@H](N)CN2C1=O. The molecule has 3 saturated heterocycles. The summed E-state index contributed by atoms with van der Waals surface area (Å²) in [5.74, 6) is -10.4. The molecule has 12 N–H and O–H groups in total. The van der Waals surface area contributed by atoms with Crippen LogP contribution >= 0.6 is 0 Å². The first-order valence-electron chi connectivity index (χ1n) is 34.3. The molecule has 4 rings (SSSR count). The summed E-state index contributed by atoms with van der Waals surface area (Å²) in [4.78, 5) is 189. The quantitative estimate of drug-likeness (QED) is 0.0507. The highest BCUT2D eigenvalue weighted by atomic mass is 16.6. The van der Waals surface area contributed by atoms with Gasteiger partial charge in [-0.3, -0.25) is 52.7 Å². The van der Waals surface area contributed by atoms with Gasteiger partial charge in [-0.2, -0.15) is 0 Å². The van der Waals surface area contributed by atoms with Crippen molar-refractivity contribution in [3.05, 3.63) is 35.9 Å². The van der Waals surface area contributed by atoms with Crippen molar-refractivity contribution >= 4 is 77.2 Å². The molecule has 11 atom stereocenters. The summed E-state index contributed by atoms with van der Waals surface area (Å²) in [5, 5.41) is 27.6. The molecule has 0 radical (unpaired) electrons. The van der Waals surface area contributed by atoms with Crippen molar-refractivity contribution in [1.29, 1.82) is 0 Å². The first-order valence-corrected chi connectivity index (χ1v) is 34.3. The Morgan fingerprint density at radius 3 is 1.40 bits per heavy atom. The summed E-state index contributed by atoms with van der Waals surface area (Å²) < 4.78 is 16.0. The number of carbonyl (C=O) groups is 13. The maximum Gasteiger partial charge on any atom is 0.407 e. The molecule has 1 aromatic carbocycles. The monoisotopic (exact) mass is 1370 g/mol. The molecular weight excluding hydrogens is 1250 g/mol. The van der Waals surface area contributed by atoms with Crippen LogP contribution in [0.3, 0.4) is 0 Å². The second-order valence-corrected chi connectivity index (χ2v) is 29.0. The molecular formula is C68H111N13O16. The summed E-state index contributed by atoms with van der Waals surface area (Å²) in [6, 6.07) is -5.56. The van der Waals surface area contributed by atoms with Gasteiger partial charge in [-0.15, -0.1) is 0 Å². The van der Waals surface area contributed by atoms with E-state index in [1.165, 1.54) is 4.90 Å². The minimum Gasteiger partial charge on any atom is -0.466 e. The topological polar surface area (TPSA) is 402 Å². The van der Waals surface area contributed by atoms with Gasteiger partial charge in [-0.25, -0.2) is 9.59 Å². The Morgan fingerprint density at radius 1 is 0.536 bits per heavy atom. The van der Waals surface area contributed by atoms with E-state index in [1.807, 2.05) is 13.8 Å². The van der Waals surface area contributed by atoms with Gasteiger partial charge in [-0.05, 0) is 142 Å². The van der Waals surface area contributed by atoms with Crippen LogP contribution in [0.4, 0.5) is 9.59 Å². The maximum absolute atomic E-state index is 15.1. The molecule has 3 fully saturated rings. The Hall–Kier alpha value is -8.11. The van der Waals surface area contributed by atoms with Gasteiger partial charge in [0.15, 0.2) is 0 Å². The number of fused-ring (bicyclic) bond motifs is 2. The number of carbonyl (C=O) groups excluding carboxylic acids is 13. The number of nitrogens with one attached hydrogen (secondary N) is 10. The second-order valence-electron chi connectivity index (χ2n) is 29.0. The summed E-state index contributed by atoms with van der Waals surface area (Å²) >= 11 is 0. The largest absolute Gasteiger partial charge is 0.466 e. The molecule has 3 heterocycles. The number of nitrogens with two attached hydrogens (primary N) is 1. The number of nitrogens with zero attached hydrogens (tertiary/aromatic N) is 2. The second kappa shape index (κ2) is 38.1. The lowest BCUT2D eigenvalue weighted by Crippen LogP contribution is -2.62. The Labute approximate surface area is 571 Å². The fraction of sp³-hybridized carbons (Fsp3) is 0.721. The zero-order valence-corrected chi connectivity index (χ0v) is 59.6. The predicted octanol–water partition coefficient (Wildman–Crippen LogP) is 2.40. The lowest BCUT2D eigenvalue weighted by Gasteiger charge is -2.33. The molecule has 97 heavy (non-hydrogen) atoms. The van der Waals surface area contributed by atoms with Crippen molar-refractivity contribution in [3.63, 3.8) is 0 Å². The molecule has 0 unspecified atom stereocenters. The van der Waals surface area contributed by atoms with E-state index in [1.54, 1.807) is 120 Å². The van der Waals surface area contributed by atoms with E-state index in [0.29, 0.717) is 12.0 Å². The summed E-state index contributed by atoms with van der Waals surface area (Å²) in [5.41, 5.74) is 5.49. The zero-order chi connectivity index (χ0) is 72.6. The van der Waals surface area contributed by atoms with E-state index in [4.69, 9.17) is 19.9 Å². The number of ether oxygens (including phenoxy) is 3. The van der Waals surface area contributed by atoms with Crippen LogP contribution in [0, 0.1) is 23.7 Å². The molecule has 0 bridgehead atoms. The predicted molar refractivity (Wildman–Crippen MR) is 360 cm³/mol. The van der Waals surface area contributed by atoms with Crippen molar-refractivity contribution in [1.82, 2.24) is 63.0 Å². The molecule has 0 saturated carbocycles. The number of esters is 1. The van der Waals surface area contributed by atoms with E-state index in [-0.39, 0.29) is 115 Å². The molecule has 3 aliphatic rings. The summed E-state index contributed by atoms with van der Waals surface area (Å²) in [6.07, 6.45) is -1.87. The molecule has 544 valence electrons. The standard InChI is InChI=1S/C68H111N13O16/c1-16-95-52(82)29-28-46-63(91)81-37-43(69)36-51(81)60(88)79-54(41(8)9)62(90)73-45(26-21-31-71-66(94)97-68(13,14)15)56(84)76-48(34-39(4)5)58(86)77-49(35-42-23-18-17-19-24-42)64(92)80-32-22-27-50(80)59(87)78-53(40(6)7)61(89)72-44(25-20-30-70-65(93)96-67(10,11)12)55(83)75-47(33-38(2)3)57(85)74-46/h17-19,23-24,38-41,43-51,53-54H,16,20-22,25-37,69H2,1-15H3,(H,70,93)(H,71,94)(H,72,89)(H,73,90)(H,74,85)(H,75,83)(H,76,84)(H,77,86)(H,78,87)(H,79,88)/t43-,44+,45+,46-,47+,48+,49-,50+,51+,53+,54+/m1/s1. The average molecular weight is 1370 g/mol. The normalized spacial score (nSPS) is 25.2. The van der Waals surface area contributed by atoms with Gasteiger partial charge in [0.1, 0.15) is 71.6 Å². The van der Waals surface area contributed by atoms with Crippen molar-refractivity contribution in [2.45, 2.75) is 259 Å². The van der Waals surface area contributed by atoms with Crippen molar-refractivity contribution in [2.75, 3.05) is 32.8 Å². The fourth-order valence-corrected chi connectivity index (χ4v) is 11.6. The van der Waals surface area contributed by atoms with Crippen LogP contribution in [0.15, 0.2) is 30.3 Å². The summed E-state index contributed by atoms with van der Waals surface area (Å²) in [6.45, 7) is 25.4. The molecule has 1 aromatic rings. The van der Waals surface area contributed by atoms with Gasteiger partial charge in [0.05, 0.1) is 6.61 Å². The van der Waals surface area contributed by atoms with Crippen molar-refractivity contribution in [2.24, 2.45) is 29.4 Å². The van der Waals surface area contributed by atoms with E-state index >= 15 is 9.59 Å². The maximum atomic E-state index is 15.1. The van der Waals surface area contributed by atoms with Gasteiger partial charge in [0.25, 0.3) is 0 Å². The van der Waals surface area contributed by atoms with Crippen LogP contribution < -0.4 is 58.9 Å². The van der Waals surface area contributed by atoms with Crippen LogP contribution in [0.25, 0.3) is 0 Å². The van der Waals surface area contributed by atoms with Crippen LogP contribution in [0.1, 0.15) is 180 Å². The third-order valence-corrected chi connectivity index (χ3v) is 16.3. The zero-order valence-electron chi connectivity index (χ0n) is 59.6. The van der Waals surface area contributed by atoms with E-state index in [0.717, 1.165) is 4.90 Å². The first kappa shape index (κ1) is 81.3. The van der Waals surface area contributed by atoms with E-state index in [2.05, 4.69) is 53.2 Å². The summed E-state index contributed by atoms with van der Waals surface area (Å²) in [7, 11) is 0. The Morgan fingerprint density at radius 2 is 0.959 bits per heavy atom. The van der Waals surface area contributed by atoms with Gasteiger partial charge in [0.2, 0.25) is 59.1 Å². The Bertz CT molecular complexity index is 2880.